The summed E-state index contributed by atoms with van der Waals surface area (Å²) in [6.45, 7) is 2.84. The SMILES string of the molecule is CCCC1(CNC(=O)CNC(=O)CN)CC1. The molecule has 92 valence electrons. The van der Waals surface area contributed by atoms with Crippen molar-refractivity contribution in [1.29, 1.82) is 0 Å². The molecule has 0 unspecified atom stereocenters. The van der Waals surface area contributed by atoms with Gasteiger partial charge in [-0.2, -0.15) is 0 Å². The van der Waals surface area contributed by atoms with Crippen molar-refractivity contribution < 1.29 is 9.59 Å². The topological polar surface area (TPSA) is 84.2 Å². The van der Waals surface area contributed by atoms with Crippen LogP contribution in [0, 0.1) is 5.41 Å². The number of hydrogen-bond donors (Lipinski definition) is 3. The lowest BCUT2D eigenvalue weighted by Gasteiger charge is -2.14. The van der Waals surface area contributed by atoms with Gasteiger partial charge in [-0.25, -0.2) is 0 Å². The summed E-state index contributed by atoms with van der Waals surface area (Å²) < 4.78 is 0. The summed E-state index contributed by atoms with van der Waals surface area (Å²) >= 11 is 0. The van der Waals surface area contributed by atoms with Crippen LogP contribution >= 0.6 is 0 Å². The lowest BCUT2D eigenvalue weighted by atomic mass is 10.0. The summed E-state index contributed by atoms with van der Waals surface area (Å²) in [5, 5.41) is 5.30. The zero-order chi connectivity index (χ0) is 12.0. The number of carbonyl (C=O) groups excluding carboxylic acids is 2. The molecule has 5 nitrogen and oxygen atoms in total. The standard InChI is InChI=1S/C11H21N3O2/c1-2-3-11(4-5-11)8-14-10(16)7-13-9(15)6-12/h2-8,12H2,1H3,(H,13,15)(H,14,16). The summed E-state index contributed by atoms with van der Waals surface area (Å²) in [5.74, 6) is -0.436. The molecule has 16 heavy (non-hydrogen) atoms. The number of carbonyl (C=O) groups is 2. The minimum atomic E-state index is -0.301. The van der Waals surface area contributed by atoms with Crippen LogP contribution in [0.3, 0.4) is 0 Å². The molecule has 1 aliphatic carbocycles. The fraction of sp³-hybridized carbons (Fsp3) is 0.818. The minimum Gasteiger partial charge on any atom is -0.354 e. The van der Waals surface area contributed by atoms with Crippen molar-refractivity contribution in [2.24, 2.45) is 11.1 Å². The molecule has 0 saturated heterocycles. The van der Waals surface area contributed by atoms with E-state index in [0.29, 0.717) is 5.41 Å². The molecule has 2 amide bonds. The van der Waals surface area contributed by atoms with Gasteiger partial charge in [0.25, 0.3) is 0 Å². The Morgan fingerprint density at radius 1 is 1.25 bits per heavy atom. The summed E-state index contributed by atoms with van der Waals surface area (Å²) in [4.78, 5) is 22.2. The van der Waals surface area contributed by atoms with Crippen molar-refractivity contribution in [3.05, 3.63) is 0 Å². The average Bonchev–Trinajstić information content (AvgIpc) is 3.04. The predicted octanol–water partition coefficient (Wildman–Crippen LogP) is -0.242. The highest BCUT2D eigenvalue weighted by Gasteiger charge is 2.41. The second-order valence-corrected chi connectivity index (χ2v) is 4.51. The van der Waals surface area contributed by atoms with Gasteiger partial charge < -0.3 is 16.4 Å². The molecule has 0 aromatic heterocycles. The van der Waals surface area contributed by atoms with Crippen molar-refractivity contribution in [1.82, 2.24) is 10.6 Å². The third-order valence-electron chi connectivity index (χ3n) is 3.03. The zero-order valence-electron chi connectivity index (χ0n) is 9.84. The van der Waals surface area contributed by atoms with Gasteiger partial charge in [0.2, 0.25) is 11.8 Å². The summed E-state index contributed by atoms with van der Waals surface area (Å²) in [6, 6.07) is 0. The number of hydrogen-bond acceptors (Lipinski definition) is 3. The Bertz CT molecular complexity index is 262. The Labute approximate surface area is 96.1 Å². The van der Waals surface area contributed by atoms with Gasteiger partial charge in [0.05, 0.1) is 13.1 Å². The molecule has 0 atom stereocenters. The van der Waals surface area contributed by atoms with E-state index in [-0.39, 0.29) is 24.9 Å². The van der Waals surface area contributed by atoms with E-state index in [0.717, 1.165) is 13.0 Å². The van der Waals surface area contributed by atoms with E-state index in [9.17, 15) is 9.59 Å². The molecule has 0 aliphatic heterocycles. The zero-order valence-corrected chi connectivity index (χ0v) is 9.84. The lowest BCUT2D eigenvalue weighted by molar-refractivity contribution is -0.125. The molecule has 1 aliphatic rings. The molecule has 4 N–H and O–H groups in total. The maximum Gasteiger partial charge on any atom is 0.239 e. The fourth-order valence-corrected chi connectivity index (χ4v) is 1.82. The van der Waals surface area contributed by atoms with Crippen LogP contribution in [0.15, 0.2) is 0 Å². The lowest BCUT2D eigenvalue weighted by Crippen LogP contribution is -2.41. The van der Waals surface area contributed by atoms with Gasteiger partial charge in [-0.05, 0) is 24.7 Å². The van der Waals surface area contributed by atoms with Crippen molar-refractivity contribution in [2.75, 3.05) is 19.6 Å². The summed E-state index contributed by atoms with van der Waals surface area (Å²) in [7, 11) is 0. The van der Waals surface area contributed by atoms with E-state index >= 15 is 0 Å². The summed E-state index contributed by atoms with van der Waals surface area (Å²) in [6.07, 6.45) is 4.73. The fourth-order valence-electron chi connectivity index (χ4n) is 1.82. The van der Waals surface area contributed by atoms with Gasteiger partial charge in [-0.3, -0.25) is 9.59 Å². The summed E-state index contributed by atoms with van der Waals surface area (Å²) in [5.41, 5.74) is 5.46. The molecule has 0 aromatic rings. The van der Waals surface area contributed by atoms with Gasteiger partial charge in [-0.1, -0.05) is 13.3 Å². The monoisotopic (exact) mass is 227 g/mol. The van der Waals surface area contributed by atoms with Gasteiger partial charge >= 0.3 is 0 Å². The highest BCUT2D eigenvalue weighted by Crippen LogP contribution is 2.48. The number of amides is 2. The maximum atomic E-state index is 11.4. The normalized spacial score (nSPS) is 16.6. The molecule has 0 radical (unpaired) electrons. The van der Waals surface area contributed by atoms with Gasteiger partial charge in [0.15, 0.2) is 0 Å². The third kappa shape index (κ3) is 4.18. The molecule has 0 spiro atoms. The largest absolute Gasteiger partial charge is 0.354 e. The first kappa shape index (κ1) is 13.0. The predicted molar refractivity (Wildman–Crippen MR) is 61.6 cm³/mol. The first-order chi connectivity index (χ1) is 7.62. The van der Waals surface area contributed by atoms with Crippen LogP contribution in [0.25, 0.3) is 0 Å². The Morgan fingerprint density at radius 2 is 1.94 bits per heavy atom. The molecular formula is C11H21N3O2. The van der Waals surface area contributed by atoms with Crippen LogP contribution in [0.2, 0.25) is 0 Å². The molecule has 1 rings (SSSR count). The Balaban J connectivity index is 2.13. The molecule has 1 saturated carbocycles. The highest BCUT2D eigenvalue weighted by molar-refractivity contribution is 5.85. The molecule has 0 bridgehead atoms. The second kappa shape index (κ2) is 5.84. The van der Waals surface area contributed by atoms with Gasteiger partial charge in [-0.15, -0.1) is 0 Å². The van der Waals surface area contributed by atoms with Crippen LogP contribution in [0.4, 0.5) is 0 Å². The number of nitrogens with two attached hydrogens (primary N) is 1. The van der Waals surface area contributed by atoms with Crippen molar-refractivity contribution in [2.45, 2.75) is 32.6 Å². The van der Waals surface area contributed by atoms with Crippen LogP contribution in [-0.4, -0.2) is 31.4 Å². The Kier molecular flexibility index (Phi) is 4.73. The quantitative estimate of drug-likeness (QED) is 0.561. The van der Waals surface area contributed by atoms with E-state index in [1.165, 1.54) is 19.3 Å². The second-order valence-electron chi connectivity index (χ2n) is 4.51. The van der Waals surface area contributed by atoms with Crippen molar-refractivity contribution in [3.63, 3.8) is 0 Å². The van der Waals surface area contributed by atoms with Crippen LogP contribution in [-0.2, 0) is 9.59 Å². The van der Waals surface area contributed by atoms with E-state index in [1.54, 1.807) is 0 Å². The highest BCUT2D eigenvalue weighted by atomic mass is 16.2. The third-order valence-corrected chi connectivity index (χ3v) is 3.03. The van der Waals surface area contributed by atoms with Gasteiger partial charge in [0, 0.05) is 6.54 Å². The van der Waals surface area contributed by atoms with Crippen molar-refractivity contribution >= 4 is 11.8 Å². The first-order valence-corrected chi connectivity index (χ1v) is 5.85. The van der Waals surface area contributed by atoms with E-state index in [2.05, 4.69) is 17.6 Å². The maximum absolute atomic E-state index is 11.4. The molecular weight excluding hydrogens is 206 g/mol. The molecule has 5 heteroatoms. The Hall–Kier alpha value is -1.10. The number of rotatable bonds is 7. The number of nitrogens with one attached hydrogen (secondary N) is 2. The molecule has 0 heterocycles. The molecule has 1 fully saturated rings. The smallest absolute Gasteiger partial charge is 0.239 e. The first-order valence-electron chi connectivity index (χ1n) is 5.85. The van der Waals surface area contributed by atoms with E-state index < -0.39 is 0 Å². The van der Waals surface area contributed by atoms with Crippen molar-refractivity contribution in [3.8, 4) is 0 Å². The Morgan fingerprint density at radius 3 is 2.44 bits per heavy atom. The van der Waals surface area contributed by atoms with Crippen LogP contribution < -0.4 is 16.4 Å². The average molecular weight is 227 g/mol. The van der Waals surface area contributed by atoms with Crippen LogP contribution in [0.1, 0.15) is 32.6 Å². The van der Waals surface area contributed by atoms with Crippen LogP contribution in [0.5, 0.6) is 0 Å². The minimum absolute atomic E-state index is 0.0260. The van der Waals surface area contributed by atoms with Gasteiger partial charge in [0.1, 0.15) is 0 Å². The van der Waals surface area contributed by atoms with E-state index in [4.69, 9.17) is 5.73 Å². The molecule has 0 aromatic carbocycles. The van der Waals surface area contributed by atoms with E-state index in [1.807, 2.05) is 0 Å².